The second kappa shape index (κ2) is 7.67. The molecule has 0 radical (unpaired) electrons. The molecule has 0 saturated carbocycles. The molecular weight excluding hydrogens is 364 g/mol. The summed E-state index contributed by atoms with van der Waals surface area (Å²) in [4.78, 5) is 18.8. The predicted molar refractivity (Wildman–Crippen MR) is 83.9 cm³/mol. The fourth-order valence-corrected chi connectivity index (χ4v) is 2.58. The Labute approximate surface area is 143 Å². The molecule has 0 spiro atoms. The van der Waals surface area contributed by atoms with Gasteiger partial charge in [0.15, 0.2) is 5.69 Å². The Hall–Kier alpha value is -2.38. The van der Waals surface area contributed by atoms with E-state index in [9.17, 15) is 18.0 Å². The van der Waals surface area contributed by atoms with Crippen molar-refractivity contribution in [3.8, 4) is 16.3 Å². The first-order valence-corrected chi connectivity index (χ1v) is 7.69. The molecule has 0 unspecified atom stereocenters. The van der Waals surface area contributed by atoms with E-state index in [1.165, 1.54) is 6.07 Å². The molecule has 2 amide bonds. The normalized spacial score (nSPS) is 11.1. The number of nitrogens with one attached hydrogen (secondary N) is 2. The highest BCUT2D eigenvalue weighted by molar-refractivity contribution is 7.13. The highest BCUT2D eigenvalue weighted by Crippen LogP contribution is 2.37. The Morgan fingerprint density at radius 1 is 1.44 bits per heavy atom. The van der Waals surface area contributed by atoms with Crippen molar-refractivity contribution in [1.82, 2.24) is 15.3 Å². The van der Waals surface area contributed by atoms with Crippen molar-refractivity contribution in [3.63, 3.8) is 0 Å². The van der Waals surface area contributed by atoms with Gasteiger partial charge in [0, 0.05) is 11.9 Å². The average molecular weight is 376 g/mol. The van der Waals surface area contributed by atoms with Crippen molar-refractivity contribution in [2.45, 2.75) is 13.1 Å². The van der Waals surface area contributed by atoms with Crippen LogP contribution in [0.3, 0.4) is 0 Å². The van der Waals surface area contributed by atoms with Crippen molar-refractivity contribution in [2.24, 2.45) is 0 Å². The number of alkyl halides is 3. The van der Waals surface area contributed by atoms with Gasteiger partial charge in [0.25, 0.3) is 0 Å². The largest absolute Gasteiger partial charge is 0.707 e. The number of aromatic nitrogens is 2. The zero-order chi connectivity index (χ0) is 18.6. The molecule has 0 bridgehead atoms. The fraction of sp³-hybridized carbons (Fsp3) is 0.250. The number of carbonyl (C=O) groups is 1. The van der Waals surface area contributed by atoms with Gasteiger partial charge >= 0.3 is 19.5 Å². The molecule has 2 rings (SSSR count). The lowest BCUT2D eigenvalue weighted by Gasteiger charge is -2.11. The number of pyridine rings is 1. The first kappa shape index (κ1) is 19.0. The minimum Gasteiger partial charge on any atom is -0.510 e. The molecule has 0 atom stereocenters. The molecule has 2 aromatic rings. The molecule has 8 nitrogen and oxygen atoms in total. The quantitative estimate of drug-likeness (QED) is 0.591. The Morgan fingerprint density at radius 3 is 2.72 bits per heavy atom. The third-order valence-corrected chi connectivity index (χ3v) is 3.58. The van der Waals surface area contributed by atoms with Crippen LogP contribution in [-0.2, 0) is 6.18 Å². The number of halogens is 3. The van der Waals surface area contributed by atoms with E-state index in [2.05, 4.69) is 20.6 Å². The SMILES string of the molecule is CCNC(=O)Nc1cc(-c2nc(C(F)(F)F)cs2)c(OB(O)O)cn1. The van der Waals surface area contributed by atoms with Crippen LogP contribution < -0.4 is 15.3 Å². The summed E-state index contributed by atoms with van der Waals surface area (Å²) in [6.45, 7) is 2.06. The molecule has 4 N–H and O–H groups in total. The summed E-state index contributed by atoms with van der Waals surface area (Å²) in [6.07, 6.45) is -3.59. The molecule has 13 heteroatoms. The van der Waals surface area contributed by atoms with E-state index in [0.717, 1.165) is 11.6 Å². The Bertz CT molecular complexity index is 756. The summed E-state index contributed by atoms with van der Waals surface area (Å²) < 4.78 is 42.9. The Morgan fingerprint density at radius 2 is 2.16 bits per heavy atom. The van der Waals surface area contributed by atoms with Crippen LogP contribution in [0.1, 0.15) is 12.6 Å². The van der Waals surface area contributed by atoms with Crippen molar-refractivity contribution in [3.05, 3.63) is 23.3 Å². The van der Waals surface area contributed by atoms with E-state index >= 15 is 0 Å². The summed E-state index contributed by atoms with van der Waals surface area (Å²) in [5.41, 5.74) is -1.09. The van der Waals surface area contributed by atoms with E-state index < -0.39 is 25.2 Å². The fourth-order valence-electron chi connectivity index (χ4n) is 1.73. The van der Waals surface area contributed by atoms with Gasteiger partial charge in [-0.2, -0.15) is 13.2 Å². The van der Waals surface area contributed by atoms with E-state index in [-0.39, 0.29) is 22.1 Å². The van der Waals surface area contributed by atoms with Gasteiger partial charge in [-0.3, -0.25) is 5.32 Å². The number of hydrogen-bond donors (Lipinski definition) is 4. The summed E-state index contributed by atoms with van der Waals surface area (Å²) in [5.74, 6) is -0.191. The lowest BCUT2D eigenvalue weighted by atomic mass is 10.2. The van der Waals surface area contributed by atoms with Crippen LogP contribution in [0.15, 0.2) is 17.6 Å². The first-order valence-electron chi connectivity index (χ1n) is 6.81. The monoisotopic (exact) mass is 376 g/mol. The van der Waals surface area contributed by atoms with Crippen molar-refractivity contribution < 1.29 is 32.7 Å². The van der Waals surface area contributed by atoms with Crippen molar-refractivity contribution in [1.29, 1.82) is 0 Å². The second-order valence-corrected chi connectivity index (χ2v) is 5.39. The summed E-state index contributed by atoms with van der Waals surface area (Å²) >= 11 is 0.678. The number of nitrogens with zero attached hydrogens (tertiary/aromatic N) is 2. The second-order valence-electron chi connectivity index (χ2n) is 4.53. The van der Waals surface area contributed by atoms with Crippen LogP contribution in [0.4, 0.5) is 23.8 Å². The molecule has 0 saturated heterocycles. The van der Waals surface area contributed by atoms with Crippen LogP contribution in [0, 0.1) is 0 Å². The minimum atomic E-state index is -4.62. The summed E-state index contributed by atoms with van der Waals surface area (Å²) in [6, 6.07) is 0.651. The molecular formula is C12H12BF3N4O4S. The third kappa shape index (κ3) is 5.05. The van der Waals surface area contributed by atoms with Gasteiger partial charge in [0.1, 0.15) is 16.6 Å². The van der Waals surface area contributed by atoms with Crippen LogP contribution in [-0.4, -0.2) is 39.9 Å². The van der Waals surface area contributed by atoms with E-state index in [0.29, 0.717) is 17.9 Å². The number of carbonyl (C=O) groups excluding carboxylic acids is 1. The van der Waals surface area contributed by atoms with Crippen LogP contribution >= 0.6 is 11.3 Å². The van der Waals surface area contributed by atoms with Gasteiger partial charge in [-0.05, 0) is 13.0 Å². The van der Waals surface area contributed by atoms with Gasteiger partial charge in [0.05, 0.1) is 11.8 Å². The van der Waals surface area contributed by atoms with Gasteiger partial charge < -0.3 is 20.0 Å². The average Bonchev–Trinajstić information content (AvgIpc) is 2.98. The topological polar surface area (TPSA) is 117 Å². The highest BCUT2D eigenvalue weighted by atomic mass is 32.1. The molecule has 0 aliphatic carbocycles. The molecule has 0 aliphatic rings. The number of rotatable bonds is 5. The van der Waals surface area contributed by atoms with E-state index in [1.807, 2.05) is 0 Å². The van der Waals surface area contributed by atoms with Crippen LogP contribution in [0.25, 0.3) is 10.6 Å². The van der Waals surface area contributed by atoms with Gasteiger partial charge in [-0.15, -0.1) is 11.3 Å². The molecule has 2 aromatic heterocycles. The maximum absolute atomic E-state index is 12.7. The number of hydrogen-bond acceptors (Lipinski definition) is 7. The number of thiazole rings is 1. The van der Waals surface area contributed by atoms with Gasteiger partial charge in [-0.1, -0.05) is 0 Å². The Kier molecular flexibility index (Phi) is 5.82. The lowest BCUT2D eigenvalue weighted by molar-refractivity contribution is -0.140. The van der Waals surface area contributed by atoms with Crippen molar-refractivity contribution in [2.75, 3.05) is 11.9 Å². The third-order valence-electron chi connectivity index (χ3n) is 2.70. The van der Waals surface area contributed by atoms with Crippen molar-refractivity contribution >= 4 is 30.5 Å². The summed E-state index contributed by atoms with van der Waals surface area (Å²) in [5, 5.41) is 23.4. The predicted octanol–water partition coefficient (Wildman–Crippen LogP) is 1.71. The zero-order valence-corrected chi connectivity index (χ0v) is 13.5. The van der Waals surface area contributed by atoms with Gasteiger partial charge in [-0.25, -0.2) is 14.8 Å². The Balaban J connectivity index is 2.40. The number of anilines is 1. The maximum Gasteiger partial charge on any atom is 0.707 e. The number of urea groups is 1. The molecule has 0 fully saturated rings. The number of amides is 2. The first-order chi connectivity index (χ1) is 11.7. The molecule has 134 valence electrons. The van der Waals surface area contributed by atoms with E-state index in [4.69, 9.17) is 14.7 Å². The molecule has 2 heterocycles. The van der Waals surface area contributed by atoms with Gasteiger partial charge in [0.2, 0.25) is 0 Å². The highest BCUT2D eigenvalue weighted by Gasteiger charge is 2.34. The molecule has 25 heavy (non-hydrogen) atoms. The zero-order valence-electron chi connectivity index (χ0n) is 12.7. The van der Waals surface area contributed by atoms with Crippen LogP contribution in [0.2, 0.25) is 0 Å². The lowest BCUT2D eigenvalue weighted by Crippen LogP contribution is -2.28. The molecule has 0 aliphatic heterocycles. The minimum absolute atomic E-state index is 0.00963. The maximum atomic E-state index is 12.7. The standard InChI is InChI=1S/C12H12BF3N4O4S/c1-2-17-11(21)20-9-3-6(7(4-18-9)24-13(22)23)10-19-8(5-25-10)12(14,15)16/h3-5,22-23H,2H2,1H3,(H2,17,18,20,21). The molecule has 0 aromatic carbocycles. The van der Waals surface area contributed by atoms with Crippen LogP contribution in [0.5, 0.6) is 5.75 Å². The summed E-state index contributed by atoms with van der Waals surface area (Å²) in [7, 11) is -2.20. The smallest absolute Gasteiger partial charge is 0.510 e. The van der Waals surface area contributed by atoms with E-state index in [1.54, 1.807) is 6.92 Å².